The third kappa shape index (κ3) is 3.21. The fraction of sp³-hybridized carbons (Fsp3) is 0.357. The smallest absolute Gasteiger partial charge is 0.270 e. The highest BCUT2D eigenvalue weighted by atomic mass is 16.6. The second kappa shape index (κ2) is 5.83. The van der Waals surface area contributed by atoms with Crippen molar-refractivity contribution in [1.29, 1.82) is 0 Å². The zero-order valence-corrected chi connectivity index (χ0v) is 11.4. The average Bonchev–Trinajstić information content (AvgIpc) is 2.43. The number of hydrogen-bond acceptors (Lipinski definition) is 5. The number of aliphatic hydroxyl groups is 1. The van der Waals surface area contributed by atoms with E-state index in [4.69, 9.17) is 0 Å². The molecule has 0 aliphatic rings. The van der Waals surface area contributed by atoms with Gasteiger partial charge in [0, 0.05) is 24.1 Å². The molecule has 20 heavy (non-hydrogen) atoms. The minimum absolute atomic E-state index is 0.0511. The number of aromatic nitrogens is 1. The molecule has 2 rings (SSSR count). The highest BCUT2D eigenvalue weighted by Gasteiger charge is 2.10. The van der Waals surface area contributed by atoms with Gasteiger partial charge >= 0.3 is 0 Å². The Balaban J connectivity index is 2.17. The lowest BCUT2D eigenvalue weighted by atomic mass is 10.1. The van der Waals surface area contributed by atoms with Crippen molar-refractivity contribution in [3.05, 3.63) is 40.4 Å². The van der Waals surface area contributed by atoms with Crippen molar-refractivity contribution in [2.75, 3.05) is 11.9 Å². The van der Waals surface area contributed by atoms with Crippen molar-refractivity contribution in [3.63, 3.8) is 0 Å². The van der Waals surface area contributed by atoms with Gasteiger partial charge in [0.2, 0.25) is 0 Å². The molecule has 0 saturated carbocycles. The lowest BCUT2D eigenvalue weighted by Gasteiger charge is -2.15. The topological polar surface area (TPSA) is 88.3 Å². The molecule has 2 N–H and O–H groups in total. The molecule has 0 bridgehead atoms. The standard InChI is InChI=1S/C14H17N3O3/c1-9(2)13(18)8-15-14-6-3-10-7-11(17(19)20)4-5-12(10)16-14/h3-7,9,13,18H,8H2,1-2H3,(H,15,16). The van der Waals surface area contributed by atoms with E-state index in [1.54, 1.807) is 18.2 Å². The van der Waals surface area contributed by atoms with Gasteiger partial charge in [-0.05, 0) is 24.1 Å². The largest absolute Gasteiger partial charge is 0.391 e. The molecule has 2 aromatic rings. The minimum atomic E-state index is -0.440. The van der Waals surface area contributed by atoms with Crippen LogP contribution in [-0.2, 0) is 0 Å². The number of non-ortho nitro benzene ring substituents is 1. The van der Waals surface area contributed by atoms with Crippen LogP contribution in [0.2, 0.25) is 0 Å². The fourth-order valence-corrected chi connectivity index (χ4v) is 1.77. The van der Waals surface area contributed by atoms with Crippen molar-refractivity contribution in [2.45, 2.75) is 20.0 Å². The third-order valence-electron chi connectivity index (χ3n) is 3.15. The predicted molar refractivity (Wildman–Crippen MR) is 77.7 cm³/mol. The molecule has 0 aliphatic carbocycles. The molecule has 1 heterocycles. The maximum Gasteiger partial charge on any atom is 0.270 e. The maximum atomic E-state index is 10.7. The number of aliphatic hydroxyl groups excluding tert-OH is 1. The summed E-state index contributed by atoms with van der Waals surface area (Å²) in [4.78, 5) is 14.6. The van der Waals surface area contributed by atoms with Crippen LogP contribution in [0.25, 0.3) is 10.9 Å². The maximum absolute atomic E-state index is 10.7. The highest BCUT2D eigenvalue weighted by molar-refractivity contribution is 5.82. The van der Waals surface area contributed by atoms with Crippen LogP contribution in [0.5, 0.6) is 0 Å². The lowest BCUT2D eigenvalue weighted by Crippen LogP contribution is -2.25. The van der Waals surface area contributed by atoms with Gasteiger partial charge in [0.15, 0.2) is 0 Å². The molecule has 0 saturated heterocycles. The molecule has 0 spiro atoms. The Morgan fingerprint density at radius 3 is 2.75 bits per heavy atom. The number of nitro groups is 1. The van der Waals surface area contributed by atoms with E-state index in [-0.39, 0.29) is 11.6 Å². The van der Waals surface area contributed by atoms with Crippen LogP contribution < -0.4 is 5.32 Å². The average molecular weight is 275 g/mol. The monoisotopic (exact) mass is 275 g/mol. The normalized spacial score (nSPS) is 12.6. The van der Waals surface area contributed by atoms with Gasteiger partial charge in [0.05, 0.1) is 16.5 Å². The number of nitro benzene ring substituents is 1. The molecule has 0 fully saturated rings. The molecule has 1 unspecified atom stereocenters. The van der Waals surface area contributed by atoms with Gasteiger partial charge in [0.25, 0.3) is 5.69 Å². The van der Waals surface area contributed by atoms with Gasteiger partial charge in [-0.1, -0.05) is 13.8 Å². The first-order valence-corrected chi connectivity index (χ1v) is 6.44. The Bertz CT molecular complexity index is 628. The summed E-state index contributed by atoms with van der Waals surface area (Å²) < 4.78 is 0. The summed E-state index contributed by atoms with van der Waals surface area (Å²) in [7, 11) is 0. The van der Waals surface area contributed by atoms with E-state index in [9.17, 15) is 15.2 Å². The Morgan fingerprint density at radius 1 is 1.35 bits per heavy atom. The first kappa shape index (κ1) is 14.2. The number of pyridine rings is 1. The number of nitrogens with zero attached hydrogens (tertiary/aromatic N) is 2. The molecular weight excluding hydrogens is 258 g/mol. The molecule has 1 aromatic heterocycles. The first-order valence-electron chi connectivity index (χ1n) is 6.44. The van der Waals surface area contributed by atoms with E-state index in [1.807, 2.05) is 13.8 Å². The summed E-state index contributed by atoms with van der Waals surface area (Å²) in [6, 6.07) is 8.08. The predicted octanol–water partition coefficient (Wildman–Crippen LogP) is 2.57. The number of anilines is 1. The lowest BCUT2D eigenvalue weighted by molar-refractivity contribution is -0.384. The van der Waals surface area contributed by atoms with Crippen LogP contribution in [0, 0.1) is 16.0 Å². The van der Waals surface area contributed by atoms with Crippen molar-refractivity contribution >= 4 is 22.4 Å². The van der Waals surface area contributed by atoms with Crippen molar-refractivity contribution in [2.24, 2.45) is 5.92 Å². The quantitative estimate of drug-likeness (QED) is 0.646. The molecule has 6 heteroatoms. The summed E-state index contributed by atoms with van der Waals surface area (Å²) in [5, 5.41) is 24.2. The van der Waals surface area contributed by atoms with Gasteiger partial charge in [0.1, 0.15) is 5.82 Å². The summed E-state index contributed by atoms with van der Waals surface area (Å²) in [6.45, 7) is 4.31. The Kier molecular flexibility index (Phi) is 4.14. The second-order valence-corrected chi connectivity index (χ2v) is 5.02. The third-order valence-corrected chi connectivity index (χ3v) is 3.15. The van der Waals surface area contributed by atoms with Gasteiger partial charge in [-0.25, -0.2) is 4.98 Å². The fourth-order valence-electron chi connectivity index (χ4n) is 1.77. The molecule has 0 aliphatic heterocycles. The van der Waals surface area contributed by atoms with Gasteiger partial charge in [-0.3, -0.25) is 10.1 Å². The SMILES string of the molecule is CC(C)C(O)CNc1ccc2cc([N+](=O)[O-])ccc2n1. The molecular formula is C14H17N3O3. The zero-order valence-electron chi connectivity index (χ0n) is 11.4. The summed E-state index contributed by atoms with van der Waals surface area (Å²) in [5.74, 6) is 0.816. The van der Waals surface area contributed by atoms with Crippen molar-refractivity contribution < 1.29 is 10.0 Å². The van der Waals surface area contributed by atoms with Gasteiger partial charge < -0.3 is 10.4 Å². The Labute approximate surface area is 116 Å². The van der Waals surface area contributed by atoms with Crippen LogP contribution >= 0.6 is 0 Å². The van der Waals surface area contributed by atoms with Crippen LogP contribution in [-0.4, -0.2) is 27.7 Å². The minimum Gasteiger partial charge on any atom is -0.391 e. The highest BCUT2D eigenvalue weighted by Crippen LogP contribution is 2.21. The summed E-state index contributed by atoms with van der Waals surface area (Å²) in [6.07, 6.45) is -0.440. The number of rotatable bonds is 5. The number of nitrogens with one attached hydrogen (secondary N) is 1. The van der Waals surface area contributed by atoms with Crippen molar-refractivity contribution in [1.82, 2.24) is 4.98 Å². The molecule has 106 valence electrons. The summed E-state index contributed by atoms with van der Waals surface area (Å²) >= 11 is 0. The van der Waals surface area contributed by atoms with Crippen LogP contribution in [0.4, 0.5) is 11.5 Å². The first-order chi connectivity index (χ1) is 9.47. The summed E-state index contributed by atoms with van der Waals surface area (Å²) in [5.41, 5.74) is 0.731. The van der Waals surface area contributed by atoms with Gasteiger partial charge in [-0.2, -0.15) is 0 Å². The van der Waals surface area contributed by atoms with E-state index in [1.165, 1.54) is 12.1 Å². The number of hydrogen-bond donors (Lipinski definition) is 2. The van der Waals surface area contributed by atoms with E-state index >= 15 is 0 Å². The number of fused-ring (bicyclic) bond motifs is 1. The van der Waals surface area contributed by atoms with E-state index in [2.05, 4.69) is 10.3 Å². The van der Waals surface area contributed by atoms with E-state index in [0.717, 1.165) is 0 Å². The molecule has 1 atom stereocenters. The zero-order chi connectivity index (χ0) is 14.7. The second-order valence-electron chi connectivity index (χ2n) is 5.02. The van der Waals surface area contributed by atoms with Crippen LogP contribution in [0.1, 0.15) is 13.8 Å². The molecule has 0 radical (unpaired) electrons. The Hall–Kier alpha value is -2.21. The van der Waals surface area contributed by atoms with E-state index in [0.29, 0.717) is 23.3 Å². The Morgan fingerprint density at radius 2 is 2.10 bits per heavy atom. The molecule has 1 aromatic carbocycles. The molecule has 0 amide bonds. The number of benzene rings is 1. The van der Waals surface area contributed by atoms with Crippen LogP contribution in [0.15, 0.2) is 30.3 Å². The van der Waals surface area contributed by atoms with Crippen LogP contribution in [0.3, 0.4) is 0 Å². The van der Waals surface area contributed by atoms with E-state index < -0.39 is 11.0 Å². The van der Waals surface area contributed by atoms with Crippen molar-refractivity contribution in [3.8, 4) is 0 Å². The molecule has 6 nitrogen and oxygen atoms in total. The van der Waals surface area contributed by atoms with Gasteiger partial charge in [-0.15, -0.1) is 0 Å².